The Labute approximate surface area is 189 Å². The van der Waals surface area contributed by atoms with Crippen molar-refractivity contribution in [2.24, 2.45) is 0 Å². The summed E-state index contributed by atoms with van der Waals surface area (Å²) in [6.45, 7) is 0.0879. The molecule has 0 bridgehead atoms. The molecule has 0 atom stereocenters. The second-order valence-corrected chi connectivity index (χ2v) is 9.57. The van der Waals surface area contributed by atoms with Gasteiger partial charge in [0.1, 0.15) is 0 Å². The molecule has 32 heavy (non-hydrogen) atoms. The van der Waals surface area contributed by atoms with Gasteiger partial charge in [0.05, 0.1) is 17.0 Å². The molecule has 168 valence electrons. The van der Waals surface area contributed by atoms with Gasteiger partial charge >= 0.3 is 10.4 Å². The van der Waals surface area contributed by atoms with Gasteiger partial charge in [-0.25, -0.2) is 0 Å². The summed E-state index contributed by atoms with van der Waals surface area (Å²) in [5, 5.41) is 14.8. The largest absolute Gasteiger partial charge is 0.374 e. The van der Waals surface area contributed by atoms with Gasteiger partial charge in [-0.1, -0.05) is 34.2 Å². The van der Waals surface area contributed by atoms with Crippen molar-refractivity contribution in [3.05, 3.63) is 66.0 Å². The molecular weight excluding hydrogens is 455 g/mol. The Morgan fingerprint density at radius 3 is 2.50 bits per heavy atom. The molecule has 0 saturated carbocycles. The molecule has 1 fully saturated rings. The number of tetrazole rings is 1. The smallest absolute Gasteiger partial charge is 0.349 e. The number of rotatable bonds is 7. The van der Waals surface area contributed by atoms with Crippen LogP contribution in [0, 0.1) is 0 Å². The predicted molar refractivity (Wildman–Crippen MR) is 117 cm³/mol. The van der Waals surface area contributed by atoms with Crippen LogP contribution in [0.2, 0.25) is 0 Å². The normalized spacial score (nSPS) is 15.5. The lowest BCUT2D eigenvalue weighted by Crippen LogP contribution is -2.45. The first kappa shape index (κ1) is 22.4. The summed E-state index contributed by atoms with van der Waals surface area (Å²) < 4.78 is 37.6. The van der Waals surface area contributed by atoms with Crippen LogP contribution in [0.4, 0.5) is 3.89 Å². The van der Waals surface area contributed by atoms with Gasteiger partial charge in [-0.05, 0) is 47.5 Å². The molecule has 3 aromatic rings. The van der Waals surface area contributed by atoms with Gasteiger partial charge in [-0.15, -0.1) is 16.9 Å². The topological polar surface area (TPSA) is 110 Å². The fraction of sp³-hybridized carbons (Fsp3) is 0.300. The first-order valence-corrected chi connectivity index (χ1v) is 12.3. The van der Waals surface area contributed by atoms with E-state index < -0.39 is 10.4 Å². The van der Waals surface area contributed by atoms with Crippen LogP contribution in [0.15, 0.2) is 59.5 Å². The monoisotopic (exact) mass is 476 g/mol. The number of thioether (sulfide) groups is 1. The summed E-state index contributed by atoms with van der Waals surface area (Å²) >= 11 is 1.45. The SMILES string of the molecule is O=C(NC1CCN(S(=O)(=O)F)CC1)c1ccccc1SCc1nnnn1-c1ccccc1. The number of carbonyl (C=O) groups excluding carboxylic acids is 1. The Bertz CT molecular complexity index is 1180. The number of hydrogen-bond donors (Lipinski definition) is 1. The molecule has 9 nitrogen and oxygen atoms in total. The zero-order chi connectivity index (χ0) is 22.6. The lowest BCUT2D eigenvalue weighted by Gasteiger charge is -2.29. The van der Waals surface area contributed by atoms with Crippen molar-refractivity contribution in [1.29, 1.82) is 0 Å². The van der Waals surface area contributed by atoms with Crippen LogP contribution in [-0.4, -0.2) is 58.0 Å². The maximum atomic E-state index is 13.1. The Morgan fingerprint density at radius 1 is 1.09 bits per heavy atom. The number of nitrogens with one attached hydrogen (secondary N) is 1. The van der Waals surface area contributed by atoms with Crippen molar-refractivity contribution in [2.75, 3.05) is 13.1 Å². The van der Waals surface area contributed by atoms with Crippen LogP contribution in [0.5, 0.6) is 0 Å². The van der Waals surface area contributed by atoms with Crippen LogP contribution >= 0.6 is 11.8 Å². The third-order valence-corrected chi connectivity index (χ3v) is 7.17. The molecule has 1 aromatic heterocycles. The van der Waals surface area contributed by atoms with E-state index in [-0.39, 0.29) is 25.0 Å². The van der Waals surface area contributed by atoms with E-state index in [1.54, 1.807) is 16.8 Å². The summed E-state index contributed by atoms with van der Waals surface area (Å²) in [7, 11) is -4.69. The molecule has 12 heteroatoms. The molecule has 0 spiro atoms. The van der Waals surface area contributed by atoms with E-state index >= 15 is 0 Å². The lowest BCUT2D eigenvalue weighted by atomic mass is 10.1. The van der Waals surface area contributed by atoms with E-state index in [0.717, 1.165) is 14.9 Å². The second-order valence-electron chi connectivity index (χ2n) is 7.22. The average molecular weight is 477 g/mol. The summed E-state index contributed by atoms with van der Waals surface area (Å²) in [4.78, 5) is 13.7. The second kappa shape index (κ2) is 9.76. The molecule has 0 aliphatic carbocycles. The molecule has 2 aromatic carbocycles. The number of benzene rings is 2. The molecule has 4 rings (SSSR count). The van der Waals surface area contributed by atoms with Crippen molar-refractivity contribution in [1.82, 2.24) is 29.8 Å². The highest BCUT2D eigenvalue weighted by Crippen LogP contribution is 2.26. The van der Waals surface area contributed by atoms with Gasteiger partial charge in [0.15, 0.2) is 5.82 Å². The molecule has 1 N–H and O–H groups in total. The fourth-order valence-corrected chi connectivity index (χ4v) is 5.07. The molecule has 2 heterocycles. The quantitative estimate of drug-likeness (QED) is 0.412. The Balaban J connectivity index is 1.41. The van der Waals surface area contributed by atoms with E-state index in [4.69, 9.17) is 0 Å². The minimum Gasteiger partial charge on any atom is -0.349 e. The van der Waals surface area contributed by atoms with Crippen molar-refractivity contribution in [3.8, 4) is 5.69 Å². The highest BCUT2D eigenvalue weighted by atomic mass is 32.3. The first-order valence-electron chi connectivity index (χ1n) is 9.97. The number of amides is 1. The number of piperidine rings is 1. The zero-order valence-corrected chi connectivity index (χ0v) is 18.6. The zero-order valence-electron chi connectivity index (χ0n) is 17.0. The van der Waals surface area contributed by atoms with Crippen LogP contribution in [0.3, 0.4) is 0 Å². The van der Waals surface area contributed by atoms with Gasteiger partial charge in [0, 0.05) is 24.0 Å². The third kappa shape index (κ3) is 5.31. The third-order valence-electron chi connectivity index (χ3n) is 5.12. The van der Waals surface area contributed by atoms with Crippen LogP contribution in [-0.2, 0) is 16.2 Å². The van der Waals surface area contributed by atoms with E-state index in [1.807, 2.05) is 42.5 Å². The molecule has 0 radical (unpaired) electrons. The maximum absolute atomic E-state index is 13.1. The summed E-state index contributed by atoms with van der Waals surface area (Å²) in [6.07, 6.45) is 0.714. The predicted octanol–water partition coefficient (Wildman–Crippen LogP) is 2.36. The Kier molecular flexibility index (Phi) is 6.82. The first-order chi connectivity index (χ1) is 15.4. The number of hydrogen-bond acceptors (Lipinski definition) is 7. The molecule has 1 aliphatic heterocycles. The Hall–Kier alpha value is -2.83. The van der Waals surface area contributed by atoms with E-state index in [1.165, 1.54) is 11.8 Å². The number of para-hydroxylation sites is 1. The highest BCUT2D eigenvalue weighted by molar-refractivity contribution is 7.98. The molecule has 1 aliphatic rings. The molecular formula is C20H21FN6O3S2. The van der Waals surface area contributed by atoms with E-state index in [0.29, 0.717) is 30.0 Å². The van der Waals surface area contributed by atoms with Crippen LogP contribution in [0.25, 0.3) is 5.69 Å². The van der Waals surface area contributed by atoms with Crippen LogP contribution in [0.1, 0.15) is 29.0 Å². The summed E-state index contributed by atoms with van der Waals surface area (Å²) in [6, 6.07) is 16.5. The van der Waals surface area contributed by atoms with Gasteiger partial charge < -0.3 is 5.32 Å². The number of nitrogens with zero attached hydrogens (tertiary/aromatic N) is 5. The van der Waals surface area contributed by atoms with Crippen molar-refractivity contribution in [2.45, 2.75) is 29.5 Å². The summed E-state index contributed by atoms with van der Waals surface area (Å²) in [5.41, 5.74) is 1.36. The van der Waals surface area contributed by atoms with Crippen LogP contribution < -0.4 is 5.32 Å². The fourth-order valence-electron chi connectivity index (χ4n) is 3.47. The maximum Gasteiger partial charge on any atom is 0.374 e. The van der Waals surface area contributed by atoms with Crippen molar-refractivity contribution in [3.63, 3.8) is 0 Å². The van der Waals surface area contributed by atoms with E-state index in [2.05, 4.69) is 20.8 Å². The van der Waals surface area contributed by atoms with Crippen molar-refractivity contribution >= 4 is 28.1 Å². The van der Waals surface area contributed by atoms with E-state index in [9.17, 15) is 17.1 Å². The molecule has 1 amide bonds. The van der Waals surface area contributed by atoms with Gasteiger partial charge in [-0.3, -0.25) is 4.79 Å². The minimum absolute atomic E-state index is 0.0440. The lowest BCUT2D eigenvalue weighted by molar-refractivity contribution is 0.0920. The number of aromatic nitrogens is 4. The van der Waals surface area contributed by atoms with Gasteiger partial charge in [0.2, 0.25) is 0 Å². The minimum atomic E-state index is -4.69. The number of carbonyl (C=O) groups is 1. The Morgan fingerprint density at radius 2 is 1.78 bits per heavy atom. The average Bonchev–Trinajstić information content (AvgIpc) is 3.27. The molecule has 0 unspecified atom stereocenters. The number of halogens is 1. The standard InChI is InChI=1S/C20H21FN6O3S2/c21-32(29,30)26-12-10-15(11-13-26)22-20(28)17-8-4-5-9-18(17)31-14-19-23-24-25-27(19)16-6-2-1-3-7-16/h1-9,15H,10-14H2,(H,22,28). The van der Waals surface area contributed by atoms with Gasteiger partial charge in [0.25, 0.3) is 5.91 Å². The summed E-state index contributed by atoms with van der Waals surface area (Å²) in [5.74, 6) is 0.854. The highest BCUT2D eigenvalue weighted by Gasteiger charge is 2.28. The van der Waals surface area contributed by atoms with Gasteiger partial charge in [-0.2, -0.15) is 17.4 Å². The van der Waals surface area contributed by atoms with Crippen molar-refractivity contribution < 1.29 is 17.1 Å². The molecule has 1 saturated heterocycles.